The molecule has 0 bridgehead atoms. The van der Waals surface area contributed by atoms with Gasteiger partial charge in [0.25, 0.3) is 0 Å². The van der Waals surface area contributed by atoms with Gasteiger partial charge in [-0.15, -0.1) is 0 Å². The van der Waals surface area contributed by atoms with E-state index in [1.165, 1.54) is 0 Å². The van der Waals surface area contributed by atoms with Crippen molar-refractivity contribution in [1.82, 2.24) is 4.90 Å². The fourth-order valence-electron chi connectivity index (χ4n) is 1.73. The maximum Gasteiger partial charge on any atom is 0.223 e. The minimum Gasteiger partial charge on any atom is -0.469 e. The number of aliphatic hydroxyl groups is 1. The Kier molecular flexibility index (Phi) is 3.06. The largest absolute Gasteiger partial charge is 0.469 e. The lowest BCUT2D eigenvalue weighted by Gasteiger charge is -2.38. The van der Waals surface area contributed by atoms with Crippen LogP contribution in [0.2, 0.25) is 0 Å². The van der Waals surface area contributed by atoms with Crippen LogP contribution in [0.25, 0.3) is 0 Å². The standard InChI is InChI=1S/C11H15NO3/c13-8-9-6-12(7-9)11(14)4-3-10-2-1-5-15-10/h1-2,5,9,13H,3-4,6-8H2. The predicted octanol–water partition coefficient (Wildman–Crippen LogP) is 0.663. The summed E-state index contributed by atoms with van der Waals surface area (Å²) in [5.74, 6) is 1.29. The van der Waals surface area contributed by atoms with E-state index in [0.29, 0.717) is 25.9 Å². The molecule has 4 nitrogen and oxygen atoms in total. The first-order chi connectivity index (χ1) is 7.29. The third-order valence-corrected chi connectivity index (χ3v) is 2.73. The van der Waals surface area contributed by atoms with Crippen LogP contribution in [0.3, 0.4) is 0 Å². The highest BCUT2D eigenvalue weighted by atomic mass is 16.3. The summed E-state index contributed by atoms with van der Waals surface area (Å²) in [5.41, 5.74) is 0. The van der Waals surface area contributed by atoms with Gasteiger partial charge in [-0.2, -0.15) is 0 Å². The molecule has 82 valence electrons. The quantitative estimate of drug-likeness (QED) is 0.792. The predicted molar refractivity (Wildman–Crippen MR) is 54.2 cm³/mol. The Balaban J connectivity index is 1.70. The van der Waals surface area contributed by atoms with Gasteiger partial charge in [0.15, 0.2) is 0 Å². The average Bonchev–Trinajstić information content (AvgIpc) is 2.65. The van der Waals surface area contributed by atoms with Gasteiger partial charge in [0.05, 0.1) is 6.26 Å². The lowest BCUT2D eigenvalue weighted by molar-refractivity contribution is -0.138. The molecule has 1 N–H and O–H groups in total. The van der Waals surface area contributed by atoms with Gasteiger partial charge < -0.3 is 14.4 Å². The molecule has 1 aliphatic heterocycles. The highest BCUT2D eigenvalue weighted by Crippen LogP contribution is 2.16. The third kappa shape index (κ3) is 2.39. The number of rotatable bonds is 4. The maximum absolute atomic E-state index is 11.6. The molecule has 1 aromatic heterocycles. The topological polar surface area (TPSA) is 53.7 Å². The number of furan rings is 1. The number of amides is 1. The second-order valence-corrected chi connectivity index (χ2v) is 3.93. The van der Waals surface area contributed by atoms with Crippen LogP contribution in [0.1, 0.15) is 12.2 Å². The fourth-order valence-corrected chi connectivity index (χ4v) is 1.73. The van der Waals surface area contributed by atoms with E-state index in [2.05, 4.69) is 0 Å². The number of likely N-dealkylation sites (tertiary alicyclic amines) is 1. The van der Waals surface area contributed by atoms with Crippen molar-refractivity contribution in [2.24, 2.45) is 5.92 Å². The highest BCUT2D eigenvalue weighted by molar-refractivity contribution is 5.77. The highest BCUT2D eigenvalue weighted by Gasteiger charge is 2.29. The van der Waals surface area contributed by atoms with E-state index in [1.807, 2.05) is 12.1 Å². The van der Waals surface area contributed by atoms with Crippen molar-refractivity contribution in [2.75, 3.05) is 19.7 Å². The minimum atomic E-state index is 0.149. The van der Waals surface area contributed by atoms with Crippen LogP contribution in [0, 0.1) is 5.92 Å². The number of aliphatic hydroxyl groups excluding tert-OH is 1. The van der Waals surface area contributed by atoms with Crippen LogP contribution >= 0.6 is 0 Å². The summed E-state index contributed by atoms with van der Waals surface area (Å²) in [4.78, 5) is 13.4. The van der Waals surface area contributed by atoms with E-state index in [9.17, 15) is 4.79 Å². The average molecular weight is 209 g/mol. The second-order valence-electron chi connectivity index (χ2n) is 3.93. The first kappa shape index (κ1) is 10.2. The number of hydrogen-bond acceptors (Lipinski definition) is 3. The molecule has 1 fully saturated rings. The smallest absolute Gasteiger partial charge is 0.223 e. The van der Waals surface area contributed by atoms with Crippen molar-refractivity contribution in [1.29, 1.82) is 0 Å². The Bertz CT molecular complexity index is 315. The number of carbonyl (C=O) groups excluding carboxylic acids is 1. The third-order valence-electron chi connectivity index (χ3n) is 2.73. The second kappa shape index (κ2) is 4.49. The fraction of sp³-hybridized carbons (Fsp3) is 0.545. The zero-order valence-corrected chi connectivity index (χ0v) is 8.56. The van der Waals surface area contributed by atoms with Crippen LogP contribution in [-0.4, -0.2) is 35.6 Å². The summed E-state index contributed by atoms with van der Waals surface area (Å²) in [6, 6.07) is 3.70. The molecule has 0 atom stereocenters. The summed E-state index contributed by atoms with van der Waals surface area (Å²) in [6.07, 6.45) is 2.77. The number of hydrogen-bond donors (Lipinski definition) is 1. The first-order valence-electron chi connectivity index (χ1n) is 5.20. The Morgan fingerprint density at radius 2 is 2.40 bits per heavy atom. The lowest BCUT2D eigenvalue weighted by Crippen LogP contribution is -2.51. The molecule has 2 heterocycles. The summed E-state index contributed by atoms with van der Waals surface area (Å²) in [6.45, 7) is 1.59. The van der Waals surface area contributed by atoms with Crippen molar-refractivity contribution in [3.63, 3.8) is 0 Å². The van der Waals surface area contributed by atoms with E-state index in [1.54, 1.807) is 11.2 Å². The molecule has 1 amide bonds. The van der Waals surface area contributed by atoms with Gasteiger partial charge in [0.1, 0.15) is 5.76 Å². The van der Waals surface area contributed by atoms with Gasteiger partial charge in [-0.25, -0.2) is 0 Å². The molecule has 0 unspecified atom stereocenters. The summed E-state index contributed by atoms with van der Waals surface area (Å²) >= 11 is 0. The molecular formula is C11H15NO3. The minimum absolute atomic E-state index is 0.149. The Labute approximate surface area is 88.5 Å². The molecule has 0 saturated carbocycles. The van der Waals surface area contributed by atoms with E-state index < -0.39 is 0 Å². The van der Waals surface area contributed by atoms with Crippen molar-refractivity contribution < 1.29 is 14.3 Å². The van der Waals surface area contributed by atoms with Gasteiger partial charge in [-0.05, 0) is 12.1 Å². The molecule has 2 rings (SSSR count). The Hall–Kier alpha value is -1.29. The monoisotopic (exact) mass is 209 g/mol. The van der Waals surface area contributed by atoms with Crippen molar-refractivity contribution in [3.05, 3.63) is 24.2 Å². The molecule has 0 spiro atoms. The number of carbonyl (C=O) groups is 1. The zero-order chi connectivity index (χ0) is 10.7. The molecule has 0 radical (unpaired) electrons. The van der Waals surface area contributed by atoms with Gasteiger partial charge in [-0.3, -0.25) is 4.79 Å². The SMILES string of the molecule is O=C(CCc1ccco1)N1CC(CO)C1. The van der Waals surface area contributed by atoms with Gasteiger partial charge in [0, 0.05) is 38.5 Å². The van der Waals surface area contributed by atoms with Crippen LogP contribution < -0.4 is 0 Å². The number of nitrogens with zero attached hydrogens (tertiary/aromatic N) is 1. The molecule has 0 aliphatic carbocycles. The normalized spacial score (nSPS) is 16.5. The van der Waals surface area contributed by atoms with Gasteiger partial charge in [-0.1, -0.05) is 0 Å². The first-order valence-corrected chi connectivity index (χ1v) is 5.20. The van der Waals surface area contributed by atoms with E-state index in [4.69, 9.17) is 9.52 Å². The maximum atomic E-state index is 11.6. The molecular weight excluding hydrogens is 194 g/mol. The van der Waals surface area contributed by atoms with Gasteiger partial charge in [0.2, 0.25) is 5.91 Å². The Morgan fingerprint density at radius 1 is 1.60 bits per heavy atom. The van der Waals surface area contributed by atoms with E-state index in [-0.39, 0.29) is 18.4 Å². The van der Waals surface area contributed by atoms with Crippen LogP contribution in [0.4, 0.5) is 0 Å². The molecule has 0 aromatic carbocycles. The molecule has 1 aromatic rings. The van der Waals surface area contributed by atoms with E-state index in [0.717, 1.165) is 5.76 Å². The summed E-state index contributed by atoms with van der Waals surface area (Å²) < 4.78 is 5.15. The van der Waals surface area contributed by atoms with Crippen molar-refractivity contribution >= 4 is 5.91 Å². The Morgan fingerprint density at radius 3 is 3.00 bits per heavy atom. The molecule has 15 heavy (non-hydrogen) atoms. The molecule has 1 aliphatic rings. The van der Waals surface area contributed by atoms with Crippen molar-refractivity contribution in [2.45, 2.75) is 12.8 Å². The molecule has 1 saturated heterocycles. The zero-order valence-electron chi connectivity index (χ0n) is 8.56. The lowest BCUT2D eigenvalue weighted by atomic mass is 10.0. The summed E-state index contributed by atoms with van der Waals surface area (Å²) in [5, 5.41) is 8.81. The number of aryl methyl sites for hydroxylation is 1. The van der Waals surface area contributed by atoms with Gasteiger partial charge >= 0.3 is 0 Å². The van der Waals surface area contributed by atoms with Crippen LogP contribution in [0.5, 0.6) is 0 Å². The van der Waals surface area contributed by atoms with Crippen molar-refractivity contribution in [3.8, 4) is 0 Å². The summed E-state index contributed by atoms with van der Waals surface area (Å²) in [7, 11) is 0. The van der Waals surface area contributed by atoms with Crippen LogP contribution in [-0.2, 0) is 11.2 Å². The van der Waals surface area contributed by atoms with Crippen LogP contribution in [0.15, 0.2) is 22.8 Å². The van der Waals surface area contributed by atoms with E-state index >= 15 is 0 Å². The molecule has 4 heteroatoms.